The maximum Gasteiger partial charge on any atom is 0.275 e. The number of quaternary nitrogens is 1. The van der Waals surface area contributed by atoms with Crippen LogP contribution in [0.3, 0.4) is 0 Å². The topological polar surface area (TPSA) is 67.0 Å². The molecule has 0 bridgehead atoms. The van der Waals surface area contributed by atoms with E-state index in [1.165, 1.54) is 4.90 Å². The van der Waals surface area contributed by atoms with Gasteiger partial charge >= 0.3 is 0 Å². The molecule has 6 heteroatoms. The molecule has 1 aromatic carbocycles. The van der Waals surface area contributed by atoms with Crippen molar-refractivity contribution in [3.63, 3.8) is 0 Å². The summed E-state index contributed by atoms with van der Waals surface area (Å²) < 4.78 is 5.80. The lowest BCUT2D eigenvalue weighted by atomic mass is 10.2. The first kappa shape index (κ1) is 16.5. The molecule has 24 heavy (non-hydrogen) atoms. The quantitative estimate of drug-likeness (QED) is 0.850. The van der Waals surface area contributed by atoms with Crippen molar-refractivity contribution in [3.8, 4) is 0 Å². The Morgan fingerprint density at radius 1 is 1.29 bits per heavy atom. The van der Waals surface area contributed by atoms with Crippen LogP contribution in [-0.4, -0.2) is 49.4 Å². The first-order valence-corrected chi connectivity index (χ1v) is 8.40. The predicted molar refractivity (Wildman–Crippen MR) is 90.6 cm³/mol. The maximum absolute atomic E-state index is 12.3. The highest BCUT2D eigenvalue weighted by Gasteiger charge is 2.24. The first-order chi connectivity index (χ1) is 11.5. The zero-order valence-corrected chi connectivity index (χ0v) is 14.2. The highest BCUT2D eigenvalue weighted by Crippen LogP contribution is 2.23. The van der Waals surface area contributed by atoms with E-state index in [2.05, 4.69) is 5.32 Å². The second kappa shape index (κ2) is 7.05. The van der Waals surface area contributed by atoms with Gasteiger partial charge in [0, 0.05) is 12.3 Å². The summed E-state index contributed by atoms with van der Waals surface area (Å²) in [4.78, 5) is 26.6. The molecule has 6 nitrogen and oxygen atoms in total. The van der Waals surface area contributed by atoms with Crippen LogP contribution in [-0.2, 0) is 9.59 Å². The van der Waals surface area contributed by atoms with Gasteiger partial charge in [-0.1, -0.05) is 18.2 Å². The van der Waals surface area contributed by atoms with Gasteiger partial charge in [0.1, 0.15) is 11.3 Å². The lowest BCUT2D eigenvalue weighted by Gasteiger charge is -2.31. The van der Waals surface area contributed by atoms with E-state index < -0.39 is 0 Å². The third-order valence-corrected chi connectivity index (χ3v) is 4.58. The van der Waals surface area contributed by atoms with Gasteiger partial charge in [0.2, 0.25) is 5.91 Å². The van der Waals surface area contributed by atoms with E-state index >= 15 is 0 Å². The molecule has 1 aliphatic rings. The van der Waals surface area contributed by atoms with Gasteiger partial charge in [-0.2, -0.15) is 0 Å². The molecule has 1 fully saturated rings. The molecule has 128 valence electrons. The van der Waals surface area contributed by atoms with Crippen LogP contribution < -0.4 is 10.2 Å². The lowest BCUT2D eigenvalue weighted by Crippen LogP contribution is -3.15. The molecule has 0 aliphatic carbocycles. The number of amides is 2. The lowest BCUT2D eigenvalue weighted by molar-refractivity contribution is -0.896. The van der Waals surface area contributed by atoms with Gasteiger partial charge in [-0.05, 0) is 19.1 Å². The van der Waals surface area contributed by atoms with E-state index in [-0.39, 0.29) is 17.9 Å². The maximum atomic E-state index is 12.3. The normalized spacial score (nSPS) is 17.0. The van der Waals surface area contributed by atoms with Crippen LogP contribution in [0.25, 0.3) is 11.0 Å². The van der Waals surface area contributed by atoms with Crippen LogP contribution in [0, 0.1) is 0 Å². The highest BCUT2D eigenvalue weighted by molar-refractivity contribution is 5.79. The molecule has 2 N–H and O–H groups in total. The number of carbonyl (C=O) groups excluding carboxylic acids is 2. The minimum Gasteiger partial charge on any atom is -0.459 e. The van der Waals surface area contributed by atoms with Gasteiger partial charge < -0.3 is 19.5 Å². The summed E-state index contributed by atoms with van der Waals surface area (Å²) in [6, 6.07) is 9.63. The minimum atomic E-state index is -0.164. The standard InChI is InChI=1S/C18H23N3O3/c1-13(17-11-15-5-3-4-6-16(15)24-17)19-18(23)12-20-7-9-21(10-8-20)14(2)22/h3-6,11,13H,7-10,12H2,1-2H3,(H,19,23)/p+1/t13-/m1/s1. The number of hydrogen-bond acceptors (Lipinski definition) is 3. The largest absolute Gasteiger partial charge is 0.459 e. The predicted octanol–water partition coefficient (Wildman–Crippen LogP) is 0.357. The Hall–Kier alpha value is -2.34. The van der Waals surface area contributed by atoms with Gasteiger partial charge in [0.05, 0.1) is 32.2 Å². The number of para-hydroxylation sites is 1. The second-order valence-corrected chi connectivity index (χ2v) is 6.41. The van der Waals surface area contributed by atoms with Crippen molar-refractivity contribution in [1.29, 1.82) is 0 Å². The fraction of sp³-hybridized carbons (Fsp3) is 0.444. The molecule has 2 heterocycles. The Balaban J connectivity index is 1.52. The third-order valence-electron chi connectivity index (χ3n) is 4.58. The summed E-state index contributed by atoms with van der Waals surface area (Å²) >= 11 is 0. The number of benzene rings is 1. The summed E-state index contributed by atoms with van der Waals surface area (Å²) in [7, 11) is 0. The van der Waals surface area contributed by atoms with E-state index in [0.717, 1.165) is 42.9 Å². The van der Waals surface area contributed by atoms with Crippen molar-refractivity contribution >= 4 is 22.8 Å². The molecule has 3 rings (SSSR count). The molecule has 1 aliphatic heterocycles. The zero-order chi connectivity index (χ0) is 17.1. The summed E-state index contributed by atoms with van der Waals surface area (Å²) in [6.07, 6.45) is 0. The molecular weight excluding hydrogens is 306 g/mol. The summed E-state index contributed by atoms with van der Waals surface area (Å²) in [5.74, 6) is 0.882. The molecule has 0 unspecified atom stereocenters. The monoisotopic (exact) mass is 330 g/mol. The first-order valence-electron chi connectivity index (χ1n) is 8.40. The molecule has 0 spiro atoms. The zero-order valence-electron chi connectivity index (χ0n) is 14.2. The van der Waals surface area contributed by atoms with Gasteiger partial charge in [-0.3, -0.25) is 9.59 Å². The molecule has 2 aromatic rings. The number of piperazine rings is 1. The van der Waals surface area contributed by atoms with E-state index in [9.17, 15) is 9.59 Å². The van der Waals surface area contributed by atoms with Crippen molar-refractivity contribution in [2.24, 2.45) is 0 Å². The summed E-state index contributed by atoms with van der Waals surface area (Å²) in [5.41, 5.74) is 0.833. The van der Waals surface area contributed by atoms with Crippen LogP contribution >= 0.6 is 0 Å². The number of nitrogens with one attached hydrogen (secondary N) is 2. The Morgan fingerprint density at radius 3 is 2.67 bits per heavy atom. The summed E-state index contributed by atoms with van der Waals surface area (Å²) in [5, 5.41) is 4.05. The number of nitrogens with zero attached hydrogens (tertiary/aromatic N) is 1. The van der Waals surface area contributed by atoms with Crippen molar-refractivity contribution in [2.75, 3.05) is 32.7 Å². The van der Waals surface area contributed by atoms with E-state index in [4.69, 9.17) is 4.42 Å². The van der Waals surface area contributed by atoms with Gasteiger partial charge in [0.25, 0.3) is 5.91 Å². The van der Waals surface area contributed by atoms with Crippen LogP contribution in [0.15, 0.2) is 34.7 Å². The van der Waals surface area contributed by atoms with E-state index in [1.807, 2.05) is 42.2 Å². The number of furan rings is 1. The van der Waals surface area contributed by atoms with Crippen LogP contribution in [0.2, 0.25) is 0 Å². The van der Waals surface area contributed by atoms with Crippen molar-refractivity contribution in [3.05, 3.63) is 36.1 Å². The van der Waals surface area contributed by atoms with Crippen molar-refractivity contribution < 1.29 is 18.9 Å². The van der Waals surface area contributed by atoms with E-state index in [0.29, 0.717) is 6.54 Å². The number of fused-ring (bicyclic) bond motifs is 1. The molecular formula is C18H24N3O3+. The Morgan fingerprint density at radius 2 is 2.00 bits per heavy atom. The second-order valence-electron chi connectivity index (χ2n) is 6.41. The number of rotatable bonds is 4. The third kappa shape index (κ3) is 3.76. The molecule has 0 saturated carbocycles. The van der Waals surface area contributed by atoms with Gasteiger partial charge in [0.15, 0.2) is 6.54 Å². The van der Waals surface area contributed by atoms with Crippen LogP contribution in [0.5, 0.6) is 0 Å². The molecule has 1 saturated heterocycles. The Bertz CT molecular complexity index is 699. The SMILES string of the molecule is CC(=O)N1CC[NH+](CC(=O)N[C@H](C)c2cc3ccccc3o2)CC1. The Labute approximate surface area is 141 Å². The van der Waals surface area contributed by atoms with Gasteiger partial charge in [-0.25, -0.2) is 0 Å². The molecule has 2 amide bonds. The van der Waals surface area contributed by atoms with E-state index in [1.54, 1.807) is 6.92 Å². The summed E-state index contributed by atoms with van der Waals surface area (Å²) in [6.45, 7) is 7.01. The molecule has 1 aromatic heterocycles. The fourth-order valence-corrected chi connectivity index (χ4v) is 3.12. The average molecular weight is 330 g/mol. The molecule has 0 radical (unpaired) electrons. The number of carbonyl (C=O) groups is 2. The van der Waals surface area contributed by atoms with Crippen molar-refractivity contribution in [1.82, 2.24) is 10.2 Å². The van der Waals surface area contributed by atoms with Gasteiger partial charge in [-0.15, -0.1) is 0 Å². The minimum absolute atomic E-state index is 0.00855. The Kier molecular flexibility index (Phi) is 4.85. The molecule has 1 atom stereocenters. The smallest absolute Gasteiger partial charge is 0.275 e. The van der Waals surface area contributed by atoms with Crippen LogP contribution in [0.1, 0.15) is 25.6 Å². The van der Waals surface area contributed by atoms with Crippen LogP contribution in [0.4, 0.5) is 0 Å². The number of hydrogen-bond donors (Lipinski definition) is 2. The highest BCUT2D eigenvalue weighted by atomic mass is 16.3. The van der Waals surface area contributed by atoms with Crippen molar-refractivity contribution in [2.45, 2.75) is 19.9 Å². The average Bonchev–Trinajstić information content (AvgIpc) is 2.99. The fourth-order valence-electron chi connectivity index (χ4n) is 3.12.